The molecule has 0 amide bonds. The number of benzene rings is 1. The molecule has 3 aromatic rings. The van der Waals surface area contributed by atoms with Crippen molar-refractivity contribution in [2.75, 3.05) is 5.32 Å². The molecule has 23 heavy (non-hydrogen) atoms. The lowest BCUT2D eigenvalue weighted by atomic mass is 10.1. The zero-order chi connectivity index (χ0) is 16.0. The van der Waals surface area contributed by atoms with Crippen molar-refractivity contribution in [2.24, 2.45) is 0 Å². The van der Waals surface area contributed by atoms with Crippen molar-refractivity contribution in [2.45, 2.75) is 38.6 Å². The highest BCUT2D eigenvalue weighted by Crippen LogP contribution is 2.36. The van der Waals surface area contributed by atoms with Gasteiger partial charge in [0, 0.05) is 17.1 Å². The van der Waals surface area contributed by atoms with Crippen LogP contribution in [0, 0.1) is 18.6 Å². The summed E-state index contributed by atoms with van der Waals surface area (Å²) in [6.45, 7) is 1.98. The van der Waals surface area contributed by atoms with Gasteiger partial charge in [-0.3, -0.25) is 4.40 Å². The standard InChI is InChI=1S/C17H17F2N3S/c1-10-9-23-17-21-15(14-12(18)7-4-8-13(14)19)16(22(10)17)20-11-5-2-3-6-11/h4,7-9,11,20H,2-3,5-6H2,1H3. The fraction of sp³-hybridized carbons (Fsp3) is 0.353. The number of fused-ring (bicyclic) bond motifs is 1. The highest BCUT2D eigenvalue weighted by Gasteiger charge is 2.25. The van der Waals surface area contributed by atoms with E-state index in [2.05, 4.69) is 10.3 Å². The molecular weight excluding hydrogens is 316 g/mol. The quantitative estimate of drug-likeness (QED) is 0.730. The lowest BCUT2D eigenvalue weighted by Crippen LogP contribution is -2.16. The Labute approximate surface area is 137 Å². The van der Waals surface area contributed by atoms with Gasteiger partial charge in [0.1, 0.15) is 23.1 Å². The average molecular weight is 333 g/mol. The summed E-state index contributed by atoms with van der Waals surface area (Å²) in [4.78, 5) is 5.26. The molecule has 120 valence electrons. The summed E-state index contributed by atoms with van der Waals surface area (Å²) in [7, 11) is 0. The first-order valence-electron chi connectivity index (χ1n) is 7.82. The molecule has 1 N–H and O–H groups in total. The fourth-order valence-corrected chi connectivity index (χ4v) is 4.16. The highest BCUT2D eigenvalue weighted by atomic mass is 32.1. The van der Waals surface area contributed by atoms with E-state index in [0.717, 1.165) is 23.5 Å². The van der Waals surface area contributed by atoms with Crippen LogP contribution in [0.5, 0.6) is 0 Å². The van der Waals surface area contributed by atoms with Crippen LogP contribution < -0.4 is 5.32 Å². The maximum atomic E-state index is 14.3. The highest BCUT2D eigenvalue weighted by molar-refractivity contribution is 7.15. The minimum absolute atomic E-state index is 0.0525. The number of aromatic nitrogens is 2. The molecule has 1 aliphatic carbocycles. The summed E-state index contributed by atoms with van der Waals surface area (Å²) in [5, 5.41) is 5.49. The second-order valence-electron chi connectivity index (χ2n) is 6.03. The van der Waals surface area contributed by atoms with Crippen molar-refractivity contribution in [3.63, 3.8) is 0 Å². The maximum absolute atomic E-state index is 14.3. The van der Waals surface area contributed by atoms with Crippen LogP contribution in [-0.2, 0) is 0 Å². The van der Waals surface area contributed by atoms with E-state index in [1.807, 2.05) is 16.7 Å². The van der Waals surface area contributed by atoms with E-state index in [0.29, 0.717) is 17.6 Å². The minimum Gasteiger partial charge on any atom is -0.367 e. The van der Waals surface area contributed by atoms with Crippen LogP contribution >= 0.6 is 11.3 Å². The lowest BCUT2D eigenvalue weighted by molar-refractivity contribution is 0.589. The number of halogens is 2. The minimum atomic E-state index is -0.581. The zero-order valence-corrected chi connectivity index (χ0v) is 13.6. The number of nitrogens with one attached hydrogen (secondary N) is 1. The number of nitrogens with zero attached hydrogens (tertiary/aromatic N) is 2. The van der Waals surface area contributed by atoms with Crippen molar-refractivity contribution in [3.8, 4) is 11.3 Å². The van der Waals surface area contributed by atoms with Gasteiger partial charge in [-0.05, 0) is 31.9 Å². The molecule has 4 rings (SSSR count). The van der Waals surface area contributed by atoms with E-state index >= 15 is 0 Å². The number of hydrogen-bond donors (Lipinski definition) is 1. The van der Waals surface area contributed by atoms with E-state index in [9.17, 15) is 8.78 Å². The van der Waals surface area contributed by atoms with Crippen LogP contribution in [-0.4, -0.2) is 15.4 Å². The predicted molar refractivity (Wildman–Crippen MR) is 89.0 cm³/mol. The van der Waals surface area contributed by atoms with Crippen molar-refractivity contribution < 1.29 is 8.78 Å². The largest absolute Gasteiger partial charge is 0.367 e. The third kappa shape index (κ3) is 2.41. The first-order chi connectivity index (χ1) is 11.1. The molecule has 0 saturated heterocycles. The Balaban J connectivity index is 1.91. The molecule has 0 aliphatic heterocycles. The first kappa shape index (κ1) is 14.6. The number of imidazole rings is 1. The second-order valence-corrected chi connectivity index (χ2v) is 6.86. The number of rotatable bonds is 3. The van der Waals surface area contributed by atoms with Crippen LogP contribution in [0.4, 0.5) is 14.6 Å². The Morgan fingerprint density at radius 1 is 1.22 bits per heavy atom. The monoisotopic (exact) mass is 333 g/mol. The SMILES string of the molecule is Cc1csc2nc(-c3c(F)cccc3F)c(NC3CCCC3)n12. The maximum Gasteiger partial charge on any atom is 0.196 e. The van der Waals surface area contributed by atoms with Gasteiger partial charge in [0.25, 0.3) is 0 Å². The zero-order valence-electron chi connectivity index (χ0n) is 12.8. The average Bonchev–Trinajstić information content (AvgIpc) is 3.21. The Bertz CT molecular complexity index is 842. The van der Waals surface area contributed by atoms with Gasteiger partial charge in [-0.25, -0.2) is 13.8 Å². The molecule has 1 fully saturated rings. The molecule has 1 aromatic carbocycles. The van der Waals surface area contributed by atoms with Crippen molar-refractivity contribution in [1.29, 1.82) is 0 Å². The van der Waals surface area contributed by atoms with Gasteiger partial charge < -0.3 is 5.32 Å². The van der Waals surface area contributed by atoms with Gasteiger partial charge >= 0.3 is 0 Å². The molecule has 0 radical (unpaired) electrons. The van der Waals surface area contributed by atoms with E-state index in [-0.39, 0.29) is 5.56 Å². The van der Waals surface area contributed by atoms with Crippen molar-refractivity contribution in [3.05, 3.63) is 40.9 Å². The molecule has 6 heteroatoms. The molecular formula is C17H17F2N3S. The third-order valence-corrected chi connectivity index (χ3v) is 5.37. The number of hydrogen-bond acceptors (Lipinski definition) is 3. The van der Waals surface area contributed by atoms with Crippen molar-refractivity contribution in [1.82, 2.24) is 9.38 Å². The van der Waals surface area contributed by atoms with Gasteiger partial charge in [0.15, 0.2) is 4.96 Å². The van der Waals surface area contributed by atoms with Gasteiger partial charge in [0.2, 0.25) is 0 Å². The lowest BCUT2D eigenvalue weighted by Gasteiger charge is -2.15. The van der Waals surface area contributed by atoms with E-state index < -0.39 is 11.6 Å². The fourth-order valence-electron chi connectivity index (χ4n) is 3.29. The summed E-state index contributed by atoms with van der Waals surface area (Å²) in [5.41, 5.74) is 1.33. The van der Waals surface area contributed by atoms with E-state index in [4.69, 9.17) is 0 Å². The third-order valence-electron chi connectivity index (χ3n) is 4.43. The van der Waals surface area contributed by atoms with Crippen LogP contribution in [0.2, 0.25) is 0 Å². The Morgan fingerprint density at radius 3 is 2.61 bits per heavy atom. The van der Waals surface area contributed by atoms with Gasteiger partial charge in [-0.2, -0.15) is 0 Å². The number of anilines is 1. The molecule has 2 aromatic heterocycles. The topological polar surface area (TPSA) is 29.3 Å². The first-order valence-corrected chi connectivity index (χ1v) is 8.70. The van der Waals surface area contributed by atoms with Crippen molar-refractivity contribution >= 4 is 22.1 Å². The van der Waals surface area contributed by atoms with Crippen LogP contribution in [0.25, 0.3) is 16.2 Å². The number of thiazole rings is 1. The van der Waals surface area contributed by atoms with Crippen LogP contribution in [0.15, 0.2) is 23.6 Å². The Hall–Kier alpha value is -1.95. The smallest absolute Gasteiger partial charge is 0.196 e. The normalized spacial score (nSPS) is 15.6. The predicted octanol–water partition coefficient (Wildman–Crippen LogP) is 5.00. The molecule has 1 aliphatic rings. The Kier molecular flexibility index (Phi) is 3.56. The molecule has 3 nitrogen and oxygen atoms in total. The number of aryl methyl sites for hydroxylation is 1. The molecule has 0 atom stereocenters. The summed E-state index contributed by atoms with van der Waals surface area (Å²) < 4.78 is 30.5. The van der Waals surface area contributed by atoms with Crippen LogP contribution in [0.1, 0.15) is 31.4 Å². The molecule has 2 heterocycles. The summed E-state index contributed by atoms with van der Waals surface area (Å²) in [5.74, 6) is -0.458. The Morgan fingerprint density at radius 2 is 1.91 bits per heavy atom. The second kappa shape index (κ2) is 5.60. The van der Waals surface area contributed by atoms with E-state index in [1.165, 1.54) is 42.4 Å². The molecule has 0 bridgehead atoms. The molecule has 0 unspecified atom stereocenters. The molecule has 1 saturated carbocycles. The van der Waals surface area contributed by atoms with Gasteiger partial charge in [-0.1, -0.05) is 18.9 Å². The summed E-state index contributed by atoms with van der Waals surface area (Å²) >= 11 is 1.48. The van der Waals surface area contributed by atoms with Crippen LogP contribution in [0.3, 0.4) is 0 Å². The van der Waals surface area contributed by atoms with E-state index in [1.54, 1.807) is 0 Å². The summed E-state index contributed by atoms with van der Waals surface area (Å²) in [6.07, 6.45) is 4.53. The summed E-state index contributed by atoms with van der Waals surface area (Å²) in [6, 6.07) is 4.26. The van der Waals surface area contributed by atoms with Gasteiger partial charge in [0.05, 0.1) is 5.56 Å². The molecule has 0 spiro atoms. The van der Waals surface area contributed by atoms with Gasteiger partial charge in [-0.15, -0.1) is 11.3 Å².